The number of rotatable bonds is 8. The SMILES string of the molecule is CCCN(C(=O)CCc1ccc(S(=O)(=O)N2CCCC2)cc1)C1CCc2ccccc2C1. The van der Waals surface area contributed by atoms with Crippen LogP contribution in [-0.2, 0) is 34.1 Å². The predicted octanol–water partition coefficient (Wildman–Crippen LogP) is 4.20. The smallest absolute Gasteiger partial charge is 0.243 e. The van der Waals surface area contributed by atoms with Crippen molar-refractivity contribution in [1.82, 2.24) is 9.21 Å². The van der Waals surface area contributed by atoms with Crippen LogP contribution in [0, 0.1) is 0 Å². The van der Waals surface area contributed by atoms with Gasteiger partial charge in [-0.3, -0.25) is 4.79 Å². The lowest BCUT2D eigenvalue weighted by Gasteiger charge is -2.35. The second kappa shape index (κ2) is 10.2. The molecule has 0 radical (unpaired) electrons. The van der Waals surface area contributed by atoms with E-state index in [0.29, 0.717) is 30.8 Å². The molecule has 172 valence electrons. The number of amides is 1. The number of benzene rings is 2. The molecule has 32 heavy (non-hydrogen) atoms. The number of hydrogen-bond donors (Lipinski definition) is 0. The Labute approximate surface area is 192 Å². The average Bonchev–Trinajstić information content (AvgIpc) is 3.37. The first-order valence-corrected chi connectivity index (χ1v) is 13.4. The van der Waals surface area contributed by atoms with Crippen LogP contribution in [0.3, 0.4) is 0 Å². The minimum absolute atomic E-state index is 0.199. The van der Waals surface area contributed by atoms with Crippen molar-refractivity contribution in [3.63, 3.8) is 0 Å². The van der Waals surface area contributed by atoms with Gasteiger partial charge in [0.2, 0.25) is 15.9 Å². The Bertz CT molecular complexity index is 1030. The molecule has 1 atom stereocenters. The third-order valence-electron chi connectivity index (χ3n) is 6.80. The van der Waals surface area contributed by atoms with E-state index in [1.807, 2.05) is 12.1 Å². The lowest BCUT2D eigenvalue weighted by molar-refractivity contribution is -0.133. The van der Waals surface area contributed by atoms with Crippen LogP contribution < -0.4 is 0 Å². The highest BCUT2D eigenvalue weighted by Crippen LogP contribution is 2.26. The molecule has 5 nitrogen and oxygen atoms in total. The summed E-state index contributed by atoms with van der Waals surface area (Å²) in [5.41, 5.74) is 3.79. The second-order valence-corrected chi connectivity index (χ2v) is 10.9. The monoisotopic (exact) mass is 454 g/mol. The lowest BCUT2D eigenvalue weighted by atomic mass is 9.87. The van der Waals surface area contributed by atoms with Gasteiger partial charge >= 0.3 is 0 Å². The van der Waals surface area contributed by atoms with Gasteiger partial charge in [0, 0.05) is 32.1 Å². The third-order valence-corrected chi connectivity index (χ3v) is 8.71. The van der Waals surface area contributed by atoms with E-state index in [-0.39, 0.29) is 11.9 Å². The molecule has 2 aromatic carbocycles. The molecule has 2 aromatic rings. The van der Waals surface area contributed by atoms with Gasteiger partial charge in [-0.15, -0.1) is 0 Å². The van der Waals surface area contributed by atoms with E-state index in [1.54, 1.807) is 16.4 Å². The van der Waals surface area contributed by atoms with E-state index >= 15 is 0 Å². The zero-order chi connectivity index (χ0) is 22.6. The van der Waals surface area contributed by atoms with Crippen LogP contribution in [0.4, 0.5) is 0 Å². The Morgan fingerprint density at radius 1 is 1.03 bits per heavy atom. The fourth-order valence-electron chi connectivity index (χ4n) is 5.00. The predicted molar refractivity (Wildman–Crippen MR) is 127 cm³/mol. The highest BCUT2D eigenvalue weighted by atomic mass is 32.2. The van der Waals surface area contributed by atoms with Gasteiger partial charge in [0.05, 0.1) is 4.90 Å². The van der Waals surface area contributed by atoms with Crippen molar-refractivity contribution in [1.29, 1.82) is 0 Å². The van der Waals surface area contributed by atoms with Crippen molar-refractivity contribution >= 4 is 15.9 Å². The molecule has 0 N–H and O–H groups in total. The Balaban J connectivity index is 1.37. The molecule has 1 unspecified atom stereocenters. The molecule has 1 aliphatic heterocycles. The van der Waals surface area contributed by atoms with Gasteiger partial charge in [-0.2, -0.15) is 4.31 Å². The fraction of sp³-hybridized carbons (Fsp3) is 0.500. The molecular weight excluding hydrogens is 420 g/mol. The maximum absolute atomic E-state index is 13.1. The van der Waals surface area contributed by atoms with Crippen LogP contribution in [-0.4, -0.2) is 49.2 Å². The highest BCUT2D eigenvalue weighted by molar-refractivity contribution is 7.89. The van der Waals surface area contributed by atoms with Gasteiger partial charge < -0.3 is 4.90 Å². The Morgan fingerprint density at radius 3 is 2.41 bits per heavy atom. The largest absolute Gasteiger partial charge is 0.339 e. The highest BCUT2D eigenvalue weighted by Gasteiger charge is 2.28. The minimum atomic E-state index is -3.39. The number of aryl methyl sites for hydroxylation is 2. The van der Waals surface area contributed by atoms with E-state index in [4.69, 9.17) is 0 Å². The van der Waals surface area contributed by atoms with E-state index < -0.39 is 10.0 Å². The van der Waals surface area contributed by atoms with Crippen LogP contribution in [0.15, 0.2) is 53.4 Å². The molecular formula is C26H34N2O3S. The zero-order valence-corrected chi connectivity index (χ0v) is 19.8. The summed E-state index contributed by atoms with van der Waals surface area (Å²) in [6.45, 7) is 4.13. The van der Waals surface area contributed by atoms with Gasteiger partial charge in [0.15, 0.2) is 0 Å². The van der Waals surface area contributed by atoms with Crippen LogP contribution in [0.25, 0.3) is 0 Å². The molecule has 1 aliphatic carbocycles. The first-order chi connectivity index (χ1) is 15.5. The first-order valence-electron chi connectivity index (χ1n) is 11.9. The number of fused-ring (bicyclic) bond motifs is 1. The van der Waals surface area contributed by atoms with Gasteiger partial charge in [-0.25, -0.2) is 8.42 Å². The Morgan fingerprint density at radius 2 is 1.72 bits per heavy atom. The van der Waals surface area contributed by atoms with Crippen molar-refractivity contribution in [3.8, 4) is 0 Å². The van der Waals surface area contributed by atoms with Gasteiger partial charge in [-0.05, 0) is 73.8 Å². The van der Waals surface area contributed by atoms with Crippen molar-refractivity contribution < 1.29 is 13.2 Å². The Kier molecular flexibility index (Phi) is 7.31. The van der Waals surface area contributed by atoms with E-state index in [9.17, 15) is 13.2 Å². The molecule has 0 spiro atoms. The quantitative estimate of drug-likeness (QED) is 0.601. The summed E-state index contributed by atoms with van der Waals surface area (Å²) in [6.07, 6.45) is 6.88. The standard InChI is InChI=1S/C26H34N2O3S/c1-2-17-28(24-13-12-22-7-3-4-8-23(22)20-24)26(29)16-11-21-9-14-25(15-10-21)32(30,31)27-18-5-6-19-27/h3-4,7-10,14-15,24H,2,5-6,11-13,16-20H2,1H3. The molecule has 0 aromatic heterocycles. The summed E-state index contributed by atoms with van der Waals surface area (Å²) < 4.78 is 27.0. The molecule has 1 amide bonds. The van der Waals surface area contributed by atoms with E-state index in [2.05, 4.69) is 36.1 Å². The number of nitrogens with zero attached hydrogens (tertiary/aromatic N) is 2. The number of hydrogen-bond acceptors (Lipinski definition) is 3. The molecule has 6 heteroatoms. The minimum Gasteiger partial charge on any atom is -0.339 e. The zero-order valence-electron chi connectivity index (χ0n) is 19.0. The second-order valence-electron chi connectivity index (χ2n) is 9.01. The topological polar surface area (TPSA) is 57.7 Å². The van der Waals surface area contributed by atoms with E-state index in [1.165, 1.54) is 11.1 Å². The van der Waals surface area contributed by atoms with Crippen molar-refractivity contribution in [3.05, 3.63) is 65.2 Å². The van der Waals surface area contributed by atoms with E-state index in [0.717, 1.165) is 50.6 Å². The number of carbonyl (C=O) groups excluding carboxylic acids is 1. The average molecular weight is 455 g/mol. The number of carbonyl (C=O) groups is 1. The maximum atomic E-state index is 13.1. The molecule has 1 saturated heterocycles. The van der Waals surface area contributed by atoms with Crippen LogP contribution in [0.2, 0.25) is 0 Å². The molecule has 4 rings (SSSR count). The van der Waals surface area contributed by atoms with Crippen molar-refractivity contribution in [2.75, 3.05) is 19.6 Å². The van der Waals surface area contributed by atoms with Gasteiger partial charge in [-0.1, -0.05) is 43.3 Å². The van der Waals surface area contributed by atoms with Gasteiger partial charge in [0.25, 0.3) is 0 Å². The van der Waals surface area contributed by atoms with Crippen LogP contribution in [0.1, 0.15) is 55.7 Å². The summed E-state index contributed by atoms with van der Waals surface area (Å²) in [4.78, 5) is 15.6. The number of sulfonamides is 1. The summed E-state index contributed by atoms with van der Waals surface area (Å²) in [7, 11) is -3.39. The summed E-state index contributed by atoms with van der Waals surface area (Å²) >= 11 is 0. The molecule has 1 fully saturated rings. The summed E-state index contributed by atoms with van der Waals surface area (Å²) in [6, 6.07) is 15.9. The first kappa shape index (κ1) is 23.0. The fourth-order valence-corrected chi connectivity index (χ4v) is 6.51. The van der Waals surface area contributed by atoms with Crippen molar-refractivity contribution in [2.45, 2.75) is 69.2 Å². The molecule has 0 saturated carbocycles. The normalized spacial score (nSPS) is 19.0. The third kappa shape index (κ3) is 5.07. The summed E-state index contributed by atoms with van der Waals surface area (Å²) in [5, 5.41) is 0. The summed E-state index contributed by atoms with van der Waals surface area (Å²) in [5.74, 6) is 0.199. The molecule has 2 aliphatic rings. The molecule has 0 bridgehead atoms. The van der Waals surface area contributed by atoms with Crippen molar-refractivity contribution in [2.24, 2.45) is 0 Å². The Hall–Kier alpha value is -2.18. The van der Waals surface area contributed by atoms with Crippen LogP contribution in [0.5, 0.6) is 0 Å². The lowest BCUT2D eigenvalue weighted by Crippen LogP contribution is -2.44. The molecule has 1 heterocycles. The van der Waals surface area contributed by atoms with Crippen LogP contribution >= 0.6 is 0 Å². The maximum Gasteiger partial charge on any atom is 0.243 e. The van der Waals surface area contributed by atoms with Gasteiger partial charge in [0.1, 0.15) is 0 Å².